The summed E-state index contributed by atoms with van der Waals surface area (Å²) in [5.74, 6) is 1.36. The highest BCUT2D eigenvalue weighted by Crippen LogP contribution is 2.33. The van der Waals surface area contributed by atoms with Gasteiger partial charge < -0.3 is 14.4 Å². The molecule has 7 heteroatoms. The first-order valence-electron chi connectivity index (χ1n) is 8.65. The van der Waals surface area contributed by atoms with Gasteiger partial charge in [0, 0.05) is 29.0 Å². The van der Waals surface area contributed by atoms with Gasteiger partial charge in [0.25, 0.3) is 0 Å². The first-order valence-corrected chi connectivity index (χ1v) is 10.3. The zero-order chi connectivity index (χ0) is 20.1. The SMILES string of the molecule is COc1ccc(-c2nc(CC(=O)N(C)Cc3ccc(Br)cc3)cs2)cc1OC. The minimum Gasteiger partial charge on any atom is -0.493 e. The third-order valence-electron chi connectivity index (χ3n) is 4.27. The van der Waals surface area contributed by atoms with Gasteiger partial charge in [-0.1, -0.05) is 28.1 Å². The summed E-state index contributed by atoms with van der Waals surface area (Å²) in [4.78, 5) is 18.9. The predicted octanol–water partition coefficient (Wildman–Crippen LogP) is 4.79. The van der Waals surface area contributed by atoms with Gasteiger partial charge in [0.1, 0.15) is 5.01 Å². The van der Waals surface area contributed by atoms with E-state index < -0.39 is 0 Å². The highest BCUT2D eigenvalue weighted by atomic mass is 79.9. The smallest absolute Gasteiger partial charge is 0.228 e. The fraction of sp³-hybridized carbons (Fsp3) is 0.238. The third-order valence-corrected chi connectivity index (χ3v) is 5.74. The number of ether oxygens (including phenoxy) is 2. The fourth-order valence-corrected chi connectivity index (χ4v) is 3.81. The molecule has 0 N–H and O–H groups in total. The Kier molecular flexibility index (Phi) is 6.70. The molecule has 0 aliphatic carbocycles. The third kappa shape index (κ3) is 4.91. The molecule has 1 aromatic heterocycles. The molecule has 28 heavy (non-hydrogen) atoms. The Bertz CT molecular complexity index is 957. The largest absolute Gasteiger partial charge is 0.493 e. The lowest BCUT2D eigenvalue weighted by molar-refractivity contribution is -0.129. The summed E-state index contributed by atoms with van der Waals surface area (Å²) in [6.45, 7) is 0.568. The van der Waals surface area contributed by atoms with Crippen molar-refractivity contribution in [3.8, 4) is 22.1 Å². The van der Waals surface area contributed by atoms with E-state index in [9.17, 15) is 4.79 Å². The number of hydrogen-bond acceptors (Lipinski definition) is 5. The Morgan fingerprint density at radius 3 is 2.50 bits per heavy atom. The van der Waals surface area contributed by atoms with Crippen molar-refractivity contribution in [3.05, 3.63) is 63.6 Å². The monoisotopic (exact) mass is 460 g/mol. The molecule has 0 saturated carbocycles. The van der Waals surface area contributed by atoms with Crippen molar-refractivity contribution in [2.45, 2.75) is 13.0 Å². The van der Waals surface area contributed by atoms with Gasteiger partial charge in [-0.2, -0.15) is 0 Å². The second-order valence-corrected chi connectivity index (χ2v) is 8.04. The number of nitrogens with zero attached hydrogens (tertiary/aromatic N) is 2. The van der Waals surface area contributed by atoms with Crippen molar-refractivity contribution >= 4 is 33.2 Å². The van der Waals surface area contributed by atoms with Crippen molar-refractivity contribution in [2.24, 2.45) is 0 Å². The molecule has 0 atom stereocenters. The Morgan fingerprint density at radius 1 is 1.11 bits per heavy atom. The lowest BCUT2D eigenvalue weighted by atomic mass is 10.2. The summed E-state index contributed by atoms with van der Waals surface area (Å²) >= 11 is 4.93. The van der Waals surface area contributed by atoms with E-state index >= 15 is 0 Å². The second kappa shape index (κ2) is 9.21. The van der Waals surface area contributed by atoms with E-state index in [0.29, 0.717) is 18.0 Å². The van der Waals surface area contributed by atoms with E-state index in [-0.39, 0.29) is 12.3 Å². The first kappa shape index (κ1) is 20.4. The summed E-state index contributed by atoms with van der Waals surface area (Å²) < 4.78 is 11.6. The number of carbonyl (C=O) groups is 1. The average molecular weight is 461 g/mol. The zero-order valence-corrected chi connectivity index (χ0v) is 18.3. The lowest BCUT2D eigenvalue weighted by Crippen LogP contribution is -2.27. The Hall–Kier alpha value is -2.38. The van der Waals surface area contributed by atoms with Gasteiger partial charge in [-0.25, -0.2) is 4.98 Å². The molecule has 146 valence electrons. The molecule has 0 fully saturated rings. The van der Waals surface area contributed by atoms with Crippen molar-refractivity contribution in [2.75, 3.05) is 21.3 Å². The van der Waals surface area contributed by atoms with Crippen LogP contribution in [0.2, 0.25) is 0 Å². The van der Waals surface area contributed by atoms with Crippen LogP contribution in [-0.4, -0.2) is 37.1 Å². The number of rotatable bonds is 7. The molecule has 1 amide bonds. The van der Waals surface area contributed by atoms with E-state index in [1.807, 2.05) is 54.9 Å². The summed E-state index contributed by atoms with van der Waals surface area (Å²) in [7, 11) is 5.02. The zero-order valence-electron chi connectivity index (χ0n) is 15.9. The molecule has 2 aromatic carbocycles. The maximum atomic E-state index is 12.6. The summed E-state index contributed by atoms with van der Waals surface area (Å²) in [5.41, 5.74) is 2.79. The normalized spacial score (nSPS) is 10.6. The van der Waals surface area contributed by atoms with E-state index in [1.54, 1.807) is 19.1 Å². The standard InChI is InChI=1S/C21H21BrN2O3S/c1-24(12-14-4-7-16(22)8-5-14)20(25)11-17-13-28-21(23-17)15-6-9-18(26-2)19(10-15)27-3/h4-10,13H,11-12H2,1-3H3. The molecule has 5 nitrogen and oxygen atoms in total. The molecule has 0 saturated heterocycles. The highest BCUT2D eigenvalue weighted by molar-refractivity contribution is 9.10. The molecular weight excluding hydrogens is 440 g/mol. The average Bonchev–Trinajstić information content (AvgIpc) is 3.17. The number of hydrogen-bond donors (Lipinski definition) is 0. The van der Waals surface area contributed by atoms with Crippen molar-refractivity contribution in [3.63, 3.8) is 0 Å². The molecule has 0 aliphatic heterocycles. The van der Waals surface area contributed by atoms with Crippen LogP contribution in [0.5, 0.6) is 11.5 Å². The van der Waals surface area contributed by atoms with Crippen LogP contribution in [0, 0.1) is 0 Å². The minimum atomic E-state index is 0.0343. The van der Waals surface area contributed by atoms with Crippen LogP contribution in [0.15, 0.2) is 52.3 Å². The number of benzene rings is 2. The van der Waals surface area contributed by atoms with Gasteiger partial charge in [-0.15, -0.1) is 11.3 Å². The van der Waals surface area contributed by atoms with Crippen LogP contribution < -0.4 is 9.47 Å². The second-order valence-electron chi connectivity index (χ2n) is 6.27. The molecule has 0 bridgehead atoms. The van der Waals surface area contributed by atoms with Gasteiger partial charge in [-0.05, 0) is 35.9 Å². The van der Waals surface area contributed by atoms with Crippen LogP contribution in [0.1, 0.15) is 11.3 Å². The topological polar surface area (TPSA) is 51.7 Å². The van der Waals surface area contributed by atoms with Gasteiger partial charge >= 0.3 is 0 Å². The molecule has 3 rings (SSSR count). The Balaban J connectivity index is 1.66. The number of aromatic nitrogens is 1. The highest BCUT2D eigenvalue weighted by Gasteiger charge is 2.14. The Morgan fingerprint density at radius 2 is 1.82 bits per heavy atom. The number of methoxy groups -OCH3 is 2. The summed E-state index contributed by atoms with van der Waals surface area (Å²) in [5, 5.41) is 2.77. The van der Waals surface area contributed by atoms with E-state index in [0.717, 1.165) is 26.3 Å². The van der Waals surface area contributed by atoms with Gasteiger partial charge in [0.15, 0.2) is 11.5 Å². The number of carbonyl (C=O) groups excluding carboxylic acids is 1. The van der Waals surface area contributed by atoms with E-state index in [4.69, 9.17) is 9.47 Å². The molecule has 3 aromatic rings. The van der Waals surface area contributed by atoms with Crippen LogP contribution in [-0.2, 0) is 17.8 Å². The molecule has 0 radical (unpaired) electrons. The number of thiazole rings is 1. The fourth-order valence-electron chi connectivity index (χ4n) is 2.73. The summed E-state index contributed by atoms with van der Waals surface area (Å²) in [6.07, 6.45) is 0.275. The van der Waals surface area contributed by atoms with Gasteiger partial charge in [0.2, 0.25) is 5.91 Å². The molecule has 0 aliphatic rings. The van der Waals surface area contributed by atoms with Crippen LogP contribution in [0.25, 0.3) is 10.6 Å². The first-order chi connectivity index (χ1) is 13.5. The maximum absolute atomic E-state index is 12.6. The predicted molar refractivity (Wildman–Crippen MR) is 115 cm³/mol. The number of likely N-dealkylation sites (N-methyl/N-ethyl adjacent to an activating group) is 1. The minimum absolute atomic E-state index is 0.0343. The molecular formula is C21H21BrN2O3S. The van der Waals surface area contributed by atoms with E-state index in [1.165, 1.54) is 11.3 Å². The van der Waals surface area contributed by atoms with Crippen molar-refractivity contribution in [1.82, 2.24) is 9.88 Å². The van der Waals surface area contributed by atoms with Gasteiger partial charge in [0.05, 0.1) is 26.3 Å². The van der Waals surface area contributed by atoms with E-state index in [2.05, 4.69) is 20.9 Å². The van der Waals surface area contributed by atoms with Crippen LogP contribution >= 0.6 is 27.3 Å². The maximum Gasteiger partial charge on any atom is 0.228 e. The molecule has 1 heterocycles. The lowest BCUT2D eigenvalue weighted by Gasteiger charge is -2.16. The number of halogens is 1. The Labute approximate surface area is 177 Å². The van der Waals surface area contributed by atoms with Gasteiger partial charge in [-0.3, -0.25) is 4.79 Å². The van der Waals surface area contributed by atoms with Crippen LogP contribution in [0.3, 0.4) is 0 Å². The van der Waals surface area contributed by atoms with Crippen LogP contribution in [0.4, 0.5) is 0 Å². The quantitative estimate of drug-likeness (QED) is 0.508. The summed E-state index contributed by atoms with van der Waals surface area (Å²) in [6, 6.07) is 13.6. The molecule has 0 unspecified atom stereocenters. The molecule has 0 spiro atoms. The van der Waals surface area contributed by atoms with Crippen molar-refractivity contribution < 1.29 is 14.3 Å². The van der Waals surface area contributed by atoms with Crippen molar-refractivity contribution in [1.29, 1.82) is 0 Å². The number of amides is 1.